The van der Waals surface area contributed by atoms with E-state index in [1.807, 2.05) is 92.6 Å². The summed E-state index contributed by atoms with van der Waals surface area (Å²) >= 11 is 0. The second kappa shape index (κ2) is 20.1. The molecule has 0 fully saturated rings. The minimum absolute atomic E-state index is 0.266. The lowest BCUT2D eigenvalue weighted by Crippen LogP contribution is -2.33. The maximum absolute atomic E-state index is 13.8. The Labute approximate surface area is 388 Å². The van der Waals surface area contributed by atoms with E-state index < -0.39 is 31.6 Å². The van der Waals surface area contributed by atoms with Gasteiger partial charge in [-0.2, -0.15) is 0 Å². The van der Waals surface area contributed by atoms with Crippen molar-refractivity contribution in [1.82, 2.24) is 10.2 Å². The van der Waals surface area contributed by atoms with Crippen LogP contribution in [0.25, 0.3) is 0 Å². The van der Waals surface area contributed by atoms with Crippen molar-refractivity contribution in [1.29, 1.82) is 0 Å². The lowest BCUT2D eigenvalue weighted by atomic mass is 9.77. The highest BCUT2D eigenvalue weighted by atomic mass is 32.2. The van der Waals surface area contributed by atoms with Gasteiger partial charge >= 0.3 is 5.97 Å². The summed E-state index contributed by atoms with van der Waals surface area (Å²) < 4.78 is 70.2. The van der Waals surface area contributed by atoms with Gasteiger partial charge in [0.15, 0.2) is 5.60 Å². The number of nitrogens with one attached hydrogen (secondary N) is 3. The number of sulfonamides is 2. The highest BCUT2D eigenvalue weighted by Crippen LogP contribution is 2.57. The van der Waals surface area contributed by atoms with Crippen molar-refractivity contribution < 1.29 is 40.6 Å². The number of anilines is 4. The second-order valence-electron chi connectivity index (χ2n) is 17.2. The molecule has 1 spiro atoms. The Morgan fingerprint density at radius 2 is 1.21 bits per heavy atom. The van der Waals surface area contributed by atoms with Gasteiger partial charge in [0.1, 0.15) is 23.9 Å². The number of unbranched alkanes of at least 4 members (excludes halogenated alkanes) is 3. The van der Waals surface area contributed by atoms with Crippen LogP contribution in [0.15, 0.2) is 103 Å². The Morgan fingerprint density at radius 1 is 0.652 bits per heavy atom. The van der Waals surface area contributed by atoms with E-state index in [0.717, 1.165) is 74.6 Å². The molecule has 7 rings (SSSR count). The first kappa shape index (κ1) is 47.7. The molecule has 0 unspecified atom stereocenters. The van der Waals surface area contributed by atoms with Crippen LogP contribution in [0.1, 0.15) is 68.7 Å². The number of benzene rings is 5. The average molecular weight is 939 g/mol. The van der Waals surface area contributed by atoms with Crippen LogP contribution in [-0.2, 0) is 36.8 Å². The average Bonchev–Trinajstić information content (AvgIpc) is 3.55. The Morgan fingerprint density at radius 3 is 1.79 bits per heavy atom. The summed E-state index contributed by atoms with van der Waals surface area (Å²) in [6.45, 7) is 3.14. The van der Waals surface area contributed by atoms with E-state index in [0.29, 0.717) is 76.1 Å². The maximum Gasteiger partial charge on any atom is 0.340 e. The Kier molecular flexibility index (Phi) is 14.5. The number of carbonyl (C=O) groups is 2. The van der Waals surface area contributed by atoms with Crippen LogP contribution in [0, 0.1) is 0 Å². The molecular formula is C49H58N6O9S2. The van der Waals surface area contributed by atoms with E-state index in [1.165, 1.54) is 0 Å². The van der Waals surface area contributed by atoms with Gasteiger partial charge in [-0.1, -0.05) is 31.0 Å². The molecule has 0 aliphatic carbocycles. The summed E-state index contributed by atoms with van der Waals surface area (Å²) in [4.78, 5) is 33.5. The minimum atomic E-state index is -3.38. The zero-order valence-electron chi connectivity index (χ0n) is 38.2. The van der Waals surface area contributed by atoms with Crippen LogP contribution in [-0.4, -0.2) is 107 Å². The molecule has 0 saturated heterocycles. The van der Waals surface area contributed by atoms with E-state index in [2.05, 4.69) is 19.7 Å². The molecule has 0 saturated carbocycles. The van der Waals surface area contributed by atoms with Gasteiger partial charge in [-0.3, -0.25) is 19.1 Å². The van der Waals surface area contributed by atoms with E-state index in [4.69, 9.17) is 14.2 Å². The zero-order chi connectivity index (χ0) is 47.2. The second-order valence-corrected chi connectivity index (χ2v) is 20.7. The summed E-state index contributed by atoms with van der Waals surface area (Å²) in [5.41, 5.74) is 5.46. The van der Waals surface area contributed by atoms with E-state index >= 15 is 0 Å². The van der Waals surface area contributed by atoms with Crippen LogP contribution in [0.2, 0.25) is 0 Å². The third-order valence-electron chi connectivity index (χ3n) is 11.6. The molecule has 0 radical (unpaired) electrons. The highest BCUT2D eigenvalue weighted by molar-refractivity contribution is 7.92. The molecule has 0 atom stereocenters. The molecule has 3 N–H and O–H groups in total. The number of amides is 1. The molecule has 0 bridgehead atoms. The largest absolute Gasteiger partial charge is 0.492 e. The Balaban J connectivity index is 0.937. The van der Waals surface area contributed by atoms with Crippen LogP contribution in [0.4, 0.5) is 22.7 Å². The van der Waals surface area contributed by atoms with Gasteiger partial charge in [0.25, 0.3) is 5.91 Å². The van der Waals surface area contributed by atoms with Crippen molar-refractivity contribution in [2.24, 2.45) is 0 Å². The van der Waals surface area contributed by atoms with Crippen molar-refractivity contribution in [2.45, 2.75) is 37.7 Å². The first-order valence-corrected chi connectivity index (χ1v) is 25.6. The number of rotatable bonds is 21. The number of carbonyl (C=O) groups excluding carboxylic acids is 2. The fourth-order valence-electron chi connectivity index (χ4n) is 8.22. The molecule has 17 heteroatoms. The number of nitrogens with zero attached hydrogens (tertiary/aromatic N) is 3. The van der Waals surface area contributed by atoms with Gasteiger partial charge in [-0.25, -0.2) is 21.6 Å². The molecule has 2 aliphatic rings. The fraction of sp³-hybridized carbons (Fsp3) is 0.347. The maximum atomic E-state index is 13.8. The lowest BCUT2D eigenvalue weighted by molar-refractivity contribution is 0.0224. The molecule has 2 aliphatic heterocycles. The van der Waals surface area contributed by atoms with E-state index in [-0.39, 0.29) is 5.91 Å². The highest BCUT2D eigenvalue weighted by Gasteiger charge is 2.53. The third-order valence-corrected chi connectivity index (χ3v) is 12.8. The van der Waals surface area contributed by atoms with Crippen LogP contribution < -0.4 is 34.0 Å². The number of ether oxygens (including phenoxy) is 3. The number of hydrogen-bond donors (Lipinski definition) is 3. The van der Waals surface area contributed by atoms with Crippen molar-refractivity contribution in [2.75, 3.05) is 92.7 Å². The standard InChI is InChI=1S/C49H58N6O9S2/c1-53(2)38-18-23-43-45(32-38)63-46-33-39(54(3)4)19-24-44(46)49(43)42-22-13-35(31-41(42)48(57)64-49)47(56)50-26-9-7-8-10-27-55(28-25-34-11-14-36(15-12-34)51-65(5,58)59)29-30-62-40-20-16-37(17-21-40)52-66(6,60)61/h11-24,31-33,51-52H,7-10,25-30H2,1-6H3,(H,50,56). The third kappa shape index (κ3) is 11.6. The molecule has 66 heavy (non-hydrogen) atoms. The molecule has 0 aromatic heterocycles. The van der Waals surface area contributed by atoms with Gasteiger partial charge in [-0.15, -0.1) is 0 Å². The summed E-state index contributed by atoms with van der Waals surface area (Å²) in [7, 11) is 1.07. The molecule has 5 aromatic rings. The first-order chi connectivity index (χ1) is 31.4. The van der Waals surface area contributed by atoms with Gasteiger partial charge < -0.3 is 29.3 Å². The summed E-state index contributed by atoms with van der Waals surface area (Å²) in [6.07, 6.45) is 6.52. The van der Waals surface area contributed by atoms with Crippen molar-refractivity contribution in [3.8, 4) is 17.2 Å². The van der Waals surface area contributed by atoms with E-state index in [9.17, 15) is 26.4 Å². The Hall–Kier alpha value is -6.30. The number of hydrogen-bond acceptors (Lipinski definition) is 12. The number of fused-ring (bicyclic) bond motifs is 6. The van der Waals surface area contributed by atoms with Crippen molar-refractivity contribution in [3.63, 3.8) is 0 Å². The molecule has 350 valence electrons. The number of esters is 1. The van der Waals surface area contributed by atoms with Gasteiger partial charge in [0.05, 0.1) is 18.1 Å². The zero-order valence-corrected chi connectivity index (χ0v) is 39.9. The first-order valence-electron chi connectivity index (χ1n) is 21.9. The predicted octanol–water partition coefficient (Wildman–Crippen LogP) is 7.04. The topological polar surface area (TPSA) is 176 Å². The lowest BCUT2D eigenvalue weighted by Gasteiger charge is -2.37. The minimum Gasteiger partial charge on any atom is -0.492 e. The van der Waals surface area contributed by atoms with Gasteiger partial charge in [0.2, 0.25) is 20.0 Å². The van der Waals surface area contributed by atoms with Crippen LogP contribution in [0.5, 0.6) is 17.2 Å². The summed E-state index contributed by atoms with van der Waals surface area (Å²) in [6, 6.07) is 31.0. The Bertz CT molecular complexity index is 2720. The fourth-order valence-corrected chi connectivity index (χ4v) is 9.35. The quantitative estimate of drug-likeness (QED) is 0.0506. The predicted molar refractivity (Wildman–Crippen MR) is 260 cm³/mol. The van der Waals surface area contributed by atoms with Gasteiger partial charge in [-0.05, 0) is 104 Å². The normalized spacial score (nSPS) is 13.5. The molecular weight excluding hydrogens is 881 g/mol. The SMILES string of the molecule is CN(C)c1ccc2c(c1)Oc1cc(N(C)C)ccc1C21OC(=O)c2cc(C(=O)NCCCCCCN(CCOc3ccc(NS(C)(=O)=O)cc3)CCc3ccc(NS(C)(=O)=O)cc3)ccc21. The summed E-state index contributed by atoms with van der Waals surface area (Å²) in [5.74, 6) is 1.03. The van der Waals surface area contributed by atoms with Crippen molar-refractivity contribution in [3.05, 3.63) is 137 Å². The van der Waals surface area contributed by atoms with Gasteiger partial charge in [0, 0.05) is 105 Å². The van der Waals surface area contributed by atoms with Crippen LogP contribution in [0.3, 0.4) is 0 Å². The molecule has 1 amide bonds. The van der Waals surface area contributed by atoms with E-state index in [1.54, 1.807) is 48.5 Å². The molecule has 2 heterocycles. The molecule has 5 aromatic carbocycles. The summed E-state index contributed by atoms with van der Waals surface area (Å²) in [5, 5.41) is 3.03. The van der Waals surface area contributed by atoms with Crippen molar-refractivity contribution >= 4 is 54.7 Å². The smallest absolute Gasteiger partial charge is 0.340 e. The molecule has 15 nitrogen and oxygen atoms in total. The van der Waals surface area contributed by atoms with Crippen LogP contribution >= 0.6 is 0 Å². The monoisotopic (exact) mass is 938 g/mol.